The number of carbonyl (C=O) groups is 1. The van der Waals surface area contributed by atoms with Crippen LogP contribution < -0.4 is 0 Å². The minimum absolute atomic E-state index is 0.627. The van der Waals surface area contributed by atoms with Gasteiger partial charge in [0.05, 0.1) is 5.41 Å². The van der Waals surface area contributed by atoms with E-state index in [1.54, 1.807) is 0 Å². The van der Waals surface area contributed by atoms with Crippen molar-refractivity contribution in [2.75, 3.05) is 13.1 Å². The molecule has 1 aliphatic heterocycles. The Hall–Kier alpha value is -1.35. The van der Waals surface area contributed by atoms with Crippen LogP contribution in [0.5, 0.6) is 0 Å². The highest BCUT2D eigenvalue weighted by atomic mass is 16.4. The number of rotatable bonds is 4. The number of hydrogen-bond donors (Lipinski definition) is 1. The van der Waals surface area contributed by atoms with Gasteiger partial charge in [-0.05, 0) is 49.9 Å². The summed E-state index contributed by atoms with van der Waals surface area (Å²) in [7, 11) is 0. The largest absolute Gasteiger partial charge is 0.481 e. The highest BCUT2D eigenvalue weighted by molar-refractivity contribution is 5.82. The first-order valence-electron chi connectivity index (χ1n) is 8.76. The maximum atomic E-state index is 12.1. The Kier molecular flexibility index (Phi) is 4.82. The number of piperidine rings is 1. The van der Waals surface area contributed by atoms with E-state index in [-0.39, 0.29) is 0 Å². The van der Waals surface area contributed by atoms with Crippen molar-refractivity contribution in [3.8, 4) is 0 Å². The smallest absolute Gasteiger partial charge is 0.314 e. The van der Waals surface area contributed by atoms with Gasteiger partial charge in [-0.25, -0.2) is 0 Å². The average molecular weight is 301 g/mol. The van der Waals surface area contributed by atoms with Crippen molar-refractivity contribution >= 4 is 5.97 Å². The maximum Gasteiger partial charge on any atom is 0.314 e. The van der Waals surface area contributed by atoms with Crippen LogP contribution in [-0.2, 0) is 16.8 Å². The van der Waals surface area contributed by atoms with E-state index in [9.17, 15) is 9.90 Å². The molecule has 0 aromatic heterocycles. The number of carboxylic acid groups (broad SMARTS) is 1. The monoisotopic (exact) mass is 301 g/mol. The fourth-order valence-electron chi connectivity index (χ4n) is 4.24. The van der Waals surface area contributed by atoms with Gasteiger partial charge < -0.3 is 5.11 Å². The van der Waals surface area contributed by atoms with Crippen molar-refractivity contribution in [1.29, 1.82) is 0 Å². The van der Waals surface area contributed by atoms with E-state index in [0.717, 1.165) is 50.9 Å². The zero-order valence-corrected chi connectivity index (χ0v) is 13.4. The number of aliphatic carboxylic acids is 1. The standard InChI is InChI=1S/C19H27NO2/c21-18(22)19(11-5-1-6-12-19)17-10-4-3-9-16(17)15-20-13-7-2-8-14-20/h3-4,9-10H,1-2,5-8,11-15H2,(H,21,22). The predicted molar refractivity (Wildman–Crippen MR) is 88.0 cm³/mol. The molecule has 2 aliphatic rings. The Labute approximate surface area is 133 Å². The number of benzene rings is 1. The van der Waals surface area contributed by atoms with Crippen LogP contribution in [0.2, 0.25) is 0 Å². The summed E-state index contributed by atoms with van der Waals surface area (Å²) in [5.74, 6) is -0.627. The first-order chi connectivity index (χ1) is 10.7. The van der Waals surface area contributed by atoms with E-state index < -0.39 is 11.4 Å². The Morgan fingerprint density at radius 1 is 1.00 bits per heavy atom. The van der Waals surface area contributed by atoms with Gasteiger partial charge in [-0.15, -0.1) is 0 Å². The third-order valence-electron chi connectivity index (χ3n) is 5.49. The maximum absolute atomic E-state index is 12.1. The molecule has 3 nitrogen and oxygen atoms in total. The van der Waals surface area contributed by atoms with Crippen molar-refractivity contribution < 1.29 is 9.90 Å². The molecule has 1 aromatic carbocycles. The van der Waals surface area contributed by atoms with E-state index in [1.807, 2.05) is 6.07 Å². The zero-order chi connectivity index (χ0) is 15.4. The van der Waals surface area contributed by atoms with E-state index in [2.05, 4.69) is 23.1 Å². The third-order valence-corrected chi connectivity index (χ3v) is 5.49. The molecule has 0 spiro atoms. The molecule has 22 heavy (non-hydrogen) atoms. The van der Waals surface area contributed by atoms with Crippen LogP contribution in [0.4, 0.5) is 0 Å². The Balaban J connectivity index is 1.90. The molecule has 0 atom stereocenters. The Morgan fingerprint density at radius 3 is 2.32 bits per heavy atom. The second kappa shape index (κ2) is 6.82. The van der Waals surface area contributed by atoms with Crippen LogP contribution in [0.3, 0.4) is 0 Å². The summed E-state index contributed by atoms with van der Waals surface area (Å²) in [6.07, 6.45) is 8.69. The van der Waals surface area contributed by atoms with Gasteiger partial charge in [0, 0.05) is 6.54 Å². The lowest BCUT2D eigenvalue weighted by Crippen LogP contribution is -2.39. The highest BCUT2D eigenvalue weighted by Gasteiger charge is 2.42. The van der Waals surface area contributed by atoms with E-state index in [1.165, 1.54) is 31.2 Å². The molecule has 1 aromatic rings. The van der Waals surface area contributed by atoms with Gasteiger partial charge in [0.2, 0.25) is 0 Å². The number of likely N-dealkylation sites (tertiary alicyclic amines) is 1. The van der Waals surface area contributed by atoms with Crippen LogP contribution in [0.25, 0.3) is 0 Å². The van der Waals surface area contributed by atoms with Gasteiger partial charge in [-0.1, -0.05) is 49.9 Å². The topological polar surface area (TPSA) is 40.5 Å². The summed E-state index contributed by atoms with van der Waals surface area (Å²) in [6.45, 7) is 3.20. The van der Waals surface area contributed by atoms with Crippen molar-refractivity contribution in [2.24, 2.45) is 0 Å². The number of carboxylic acids is 1. The highest BCUT2D eigenvalue weighted by Crippen LogP contribution is 2.41. The minimum atomic E-state index is -0.648. The second-order valence-corrected chi connectivity index (χ2v) is 6.94. The van der Waals surface area contributed by atoms with Gasteiger partial charge in [-0.3, -0.25) is 9.69 Å². The van der Waals surface area contributed by atoms with Gasteiger partial charge >= 0.3 is 5.97 Å². The molecule has 0 radical (unpaired) electrons. The van der Waals surface area contributed by atoms with E-state index in [0.29, 0.717) is 0 Å². The molecular formula is C19H27NO2. The number of hydrogen-bond acceptors (Lipinski definition) is 2. The summed E-state index contributed by atoms with van der Waals surface area (Å²) in [6, 6.07) is 8.28. The first-order valence-corrected chi connectivity index (χ1v) is 8.76. The molecule has 3 rings (SSSR count). The molecule has 1 saturated heterocycles. The summed E-state index contributed by atoms with van der Waals surface area (Å²) < 4.78 is 0. The third kappa shape index (κ3) is 3.05. The number of nitrogens with zero attached hydrogens (tertiary/aromatic N) is 1. The molecule has 120 valence electrons. The summed E-state index contributed by atoms with van der Waals surface area (Å²) in [4.78, 5) is 14.6. The summed E-state index contributed by atoms with van der Waals surface area (Å²) in [5, 5.41) is 9.96. The molecule has 1 saturated carbocycles. The molecule has 3 heteroatoms. The quantitative estimate of drug-likeness (QED) is 0.915. The molecule has 0 amide bonds. The van der Waals surface area contributed by atoms with Gasteiger partial charge in [0.25, 0.3) is 0 Å². The molecule has 1 N–H and O–H groups in total. The van der Waals surface area contributed by atoms with Gasteiger partial charge in [-0.2, -0.15) is 0 Å². The normalized spacial score (nSPS) is 22.4. The molecule has 1 aliphatic carbocycles. The van der Waals surface area contributed by atoms with E-state index in [4.69, 9.17) is 0 Å². The van der Waals surface area contributed by atoms with Crippen LogP contribution in [0.1, 0.15) is 62.5 Å². The zero-order valence-electron chi connectivity index (χ0n) is 13.4. The molecule has 1 heterocycles. The van der Waals surface area contributed by atoms with Gasteiger partial charge in [0.15, 0.2) is 0 Å². The van der Waals surface area contributed by atoms with Crippen LogP contribution in [-0.4, -0.2) is 29.1 Å². The van der Waals surface area contributed by atoms with Crippen LogP contribution >= 0.6 is 0 Å². The second-order valence-electron chi connectivity index (χ2n) is 6.94. The molecule has 0 unspecified atom stereocenters. The van der Waals surface area contributed by atoms with Crippen molar-refractivity contribution in [1.82, 2.24) is 4.90 Å². The van der Waals surface area contributed by atoms with Crippen LogP contribution in [0.15, 0.2) is 24.3 Å². The molecular weight excluding hydrogens is 274 g/mol. The summed E-state index contributed by atoms with van der Waals surface area (Å²) >= 11 is 0. The fourth-order valence-corrected chi connectivity index (χ4v) is 4.24. The van der Waals surface area contributed by atoms with Crippen molar-refractivity contribution in [2.45, 2.75) is 63.3 Å². The molecule has 0 bridgehead atoms. The van der Waals surface area contributed by atoms with Crippen molar-refractivity contribution in [3.05, 3.63) is 35.4 Å². The first kappa shape index (κ1) is 15.5. The SMILES string of the molecule is O=C(O)C1(c2ccccc2CN2CCCCC2)CCCCC1. The lowest BCUT2D eigenvalue weighted by molar-refractivity contribution is -0.145. The fraction of sp³-hybridized carbons (Fsp3) is 0.632. The van der Waals surface area contributed by atoms with E-state index >= 15 is 0 Å². The van der Waals surface area contributed by atoms with Crippen LogP contribution in [0, 0.1) is 0 Å². The average Bonchev–Trinajstić information content (AvgIpc) is 2.57. The Bertz CT molecular complexity index is 514. The van der Waals surface area contributed by atoms with Crippen molar-refractivity contribution in [3.63, 3.8) is 0 Å². The van der Waals surface area contributed by atoms with Gasteiger partial charge in [0.1, 0.15) is 0 Å². The predicted octanol–water partition coefficient (Wildman–Crippen LogP) is 3.96. The lowest BCUT2D eigenvalue weighted by atomic mass is 9.68. The minimum Gasteiger partial charge on any atom is -0.481 e. The summed E-state index contributed by atoms with van der Waals surface area (Å²) in [5.41, 5.74) is 1.66. The lowest BCUT2D eigenvalue weighted by Gasteiger charge is -2.36. The molecule has 2 fully saturated rings. The Morgan fingerprint density at radius 2 is 1.64 bits per heavy atom.